The summed E-state index contributed by atoms with van der Waals surface area (Å²) < 4.78 is 10.5. The molecule has 0 spiro atoms. The van der Waals surface area contributed by atoms with Crippen LogP contribution in [0.4, 0.5) is 0 Å². The molecule has 1 amide bonds. The van der Waals surface area contributed by atoms with Gasteiger partial charge in [0, 0.05) is 17.8 Å². The highest BCUT2D eigenvalue weighted by Crippen LogP contribution is 2.24. The van der Waals surface area contributed by atoms with Crippen molar-refractivity contribution in [1.82, 2.24) is 15.5 Å². The molecule has 0 atom stereocenters. The second-order valence-corrected chi connectivity index (χ2v) is 4.81. The number of nitrogens with zero attached hydrogens (tertiary/aromatic N) is 2. The lowest BCUT2D eigenvalue weighted by atomic mass is 10.1. The van der Waals surface area contributed by atoms with Gasteiger partial charge >= 0.3 is 0 Å². The van der Waals surface area contributed by atoms with E-state index in [0.29, 0.717) is 17.1 Å². The zero-order valence-electron chi connectivity index (χ0n) is 12.5. The standard InChI is InChI=1S/C17H15N3O3/c1-22-14-6-4-5-12(9-14)16-10-13(20-23-16)11-19-17(21)15-7-2-3-8-18-15/h2-10H,11H2,1H3,(H,19,21). The normalized spacial score (nSPS) is 10.3. The summed E-state index contributed by atoms with van der Waals surface area (Å²) >= 11 is 0. The molecule has 6 nitrogen and oxygen atoms in total. The van der Waals surface area contributed by atoms with E-state index >= 15 is 0 Å². The molecule has 0 unspecified atom stereocenters. The minimum absolute atomic E-state index is 0.253. The molecule has 2 aromatic heterocycles. The van der Waals surface area contributed by atoms with Crippen LogP contribution in [-0.2, 0) is 6.54 Å². The molecule has 3 rings (SSSR count). The van der Waals surface area contributed by atoms with Crippen molar-refractivity contribution in [2.24, 2.45) is 0 Å². The molecule has 0 fully saturated rings. The Bertz CT molecular complexity index is 800. The van der Waals surface area contributed by atoms with Crippen LogP contribution in [0.2, 0.25) is 0 Å². The van der Waals surface area contributed by atoms with Crippen molar-refractivity contribution in [2.75, 3.05) is 7.11 Å². The number of pyridine rings is 1. The van der Waals surface area contributed by atoms with E-state index in [0.717, 1.165) is 11.3 Å². The third kappa shape index (κ3) is 3.55. The fraction of sp³-hybridized carbons (Fsp3) is 0.118. The maximum atomic E-state index is 11.9. The van der Waals surface area contributed by atoms with Gasteiger partial charge in [-0.25, -0.2) is 0 Å². The smallest absolute Gasteiger partial charge is 0.270 e. The molecule has 3 aromatic rings. The van der Waals surface area contributed by atoms with Crippen molar-refractivity contribution in [3.63, 3.8) is 0 Å². The molecule has 0 radical (unpaired) electrons. The average Bonchev–Trinajstić information content (AvgIpc) is 3.09. The van der Waals surface area contributed by atoms with Gasteiger partial charge in [0.05, 0.1) is 13.7 Å². The number of ether oxygens (including phenoxy) is 1. The Labute approximate surface area is 133 Å². The van der Waals surface area contributed by atoms with E-state index in [-0.39, 0.29) is 12.5 Å². The van der Waals surface area contributed by atoms with E-state index in [9.17, 15) is 4.79 Å². The topological polar surface area (TPSA) is 77.2 Å². The van der Waals surface area contributed by atoms with Gasteiger partial charge in [0.15, 0.2) is 5.76 Å². The molecule has 0 aliphatic rings. The average molecular weight is 309 g/mol. The number of methoxy groups -OCH3 is 1. The summed E-state index contributed by atoms with van der Waals surface area (Å²) in [6, 6.07) is 14.4. The molecule has 0 bridgehead atoms. The predicted octanol–water partition coefficient (Wildman–Crippen LogP) is 2.68. The van der Waals surface area contributed by atoms with Crippen LogP contribution in [0.1, 0.15) is 16.2 Å². The van der Waals surface area contributed by atoms with E-state index in [1.54, 1.807) is 37.6 Å². The summed E-state index contributed by atoms with van der Waals surface area (Å²) in [6.45, 7) is 0.267. The number of amides is 1. The van der Waals surface area contributed by atoms with Crippen LogP contribution < -0.4 is 10.1 Å². The van der Waals surface area contributed by atoms with E-state index < -0.39 is 0 Å². The van der Waals surface area contributed by atoms with Gasteiger partial charge < -0.3 is 14.6 Å². The molecule has 0 saturated heterocycles. The van der Waals surface area contributed by atoms with Crippen LogP contribution in [-0.4, -0.2) is 23.2 Å². The summed E-state index contributed by atoms with van der Waals surface area (Å²) in [7, 11) is 1.61. The van der Waals surface area contributed by atoms with Crippen LogP contribution in [0.15, 0.2) is 59.3 Å². The lowest BCUT2D eigenvalue weighted by Crippen LogP contribution is -2.23. The Balaban J connectivity index is 1.66. The largest absolute Gasteiger partial charge is 0.497 e. The first-order valence-corrected chi connectivity index (χ1v) is 7.05. The fourth-order valence-corrected chi connectivity index (χ4v) is 2.07. The third-order valence-corrected chi connectivity index (χ3v) is 3.24. The van der Waals surface area contributed by atoms with Gasteiger partial charge in [-0.05, 0) is 24.3 Å². The Morgan fingerprint density at radius 1 is 1.22 bits per heavy atom. The van der Waals surface area contributed by atoms with Crippen LogP contribution >= 0.6 is 0 Å². The lowest BCUT2D eigenvalue weighted by molar-refractivity contribution is 0.0945. The maximum absolute atomic E-state index is 11.9. The Morgan fingerprint density at radius 2 is 2.13 bits per heavy atom. The molecule has 116 valence electrons. The number of nitrogens with one attached hydrogen (secondary N) is 1. The first-order valence-electron chi connectivity index (χ1n) is 7.05. The van der Waals surface area contributed by atoms with Gasteiger partial charge in [0.1, 0.15) is 17.1 Å². The van der Waals surface area contributed by atoms with E-state index in [1.165, 1.54) is 0 Å². The molecule has 1 N–H and O–H groups in total. The molecule has 6 heteroatoms. The van der Waals surface area contributed by atoms with Crippen LogP contribution in [0.5, 0.6) is 5.75 Å². The molecule has 2 heterocycles. The zero-order chi connectivity index (χ0) is 16.1. The number of hydrogen-bond acceptors (Lipinski definition) is 5. The lowest BCUT2D eigenvalue weighted by Gasteiger charge is -2.01. The van der Waals surface area contributed by atoms with Gasteiger partial charge in [-0.15, -0.1) is 0 Å². The van der Waals surface area contributed by atoms with Gasteiger partial charge in [-0.2, -0.15) is 0 Å². The van der Waals surface area contributed by atoms with Crippen molar-refractivity contribution >= 4 is 5.91 Å². The minimum Gasteiger partial charge on any atom is -0.497 e. The molecular formula is C17H15N3O3. The highest BCUT2D eigenvalue weighted by molar-refractivity contribution is 5.92. The monoisotopic (exact) mass is 309 g/mol. The van der Waals surface area contributed by atoms with Crippen LogP contribution in [0.3, 0.4) is 0 Å². The van der Waals surface area contributed by atoms with E-state index in [2.05, 4.69) is 15.5 Å². The number of aromatic nitrogens is 2. The van der Waals surface area contributed by atoms with Crippen LogP contribution in [0, 0.1) is 0 Å². The molecule has 0 saturated carbocycles. The maximum Gasteiger partial charge on any atom is 0.270 e. The van der Waals surface area contributed by atoms with Gasteiger partial charge in [0.25, 0.3) is 5.91 Å². The van der Waals surface area contributed by atoms with Crippen molar-refractivity contribution in [1.29, 1.82) is 0 Å². The van der Waals surface area contributed by atoms with Gasteiger partial charge in [-0.3, -0.25) is 9.78 Å². The van der Waals surface area contributed by atoms with Crippen molar-refractivity contribution < 1.29 is 14.1 Å². The molecule has 1 aromatic carbocycles. The predicted molar refractivity (Wildman–Crippen MR) is 83.9 cm³/mol. The van der Waals surface area contributed by atoms with E-state index in [1.807, 2.05) is 24.3 Å². The number of hydrogen-bond donors (Lipinski definition) is 1. The highest BCUT2D eigenvalue weighted by Gasteiger charge is 2.10. The summed E-state index contributed by atoms with van der Waals surface area (Å²) in [5, 5.41) is 6.72. The van der Waals surface area contributed by atoms with E-state index in [4.69, 9.17) is 9.26 Å². The summed E-state index contributed by atoms with van der Waals surface area (Å²) in [6.07, 6.45) is 1.58. The number of carbonyl (C=O) groups is 1. The van der Waals surface area contributed by atoms with Gasteiger partial charge in [-0.1, -0.05) is 23.4 Å². The van der Waals surface area contributed by atoms with Gasteiger partial charge in [0.2, 0.25) is 0 Å². The number of benzene rings is 1. The quantitative estimate of drug-likeness (QED) is 0.784. The molecule has 0 aliphatic heterocycles. The summed E-state index contributed by atoms with van der Waals surface area (Å²) in [5.41, 5.74) is 1.86. The summed E-state index contributed by atoms with van der Waals surface area (Å²) in [4.78, 5) is 15.9. The second-order valence-electron chi connectivity index (χ2n) is 4.81. The molecule has 23 heavy (non-hydrogen) atoms. The first kappa shape index (κ1) is 14.8. The zero-order valence-corrected chi connectivity index (χ0v) is 12.5. The number of rotatable bonds is 5. The Morgan fingerprint density at radius 3 is 2.91 bits per heavy atom. The highest BCUT2D eigenvalue weighted by atomic mass is 16.5. The SMILES string of the molecule is COc1cccc(-c2cc(CNC(=O)c3ccccn3)no2)c1. The Hall–Kier alpha value is -3.15. The number of carbonyl (C=O) groups excluding carboxylic acids is 1. The van der Waals surface area contributed by atoms with Crippen molar-refractivity contribution in [3.8, 4) is 17.1 Å². The van der Waals surface area contributed by atoms with Crippen molar-refractivity contribution in [2.45, 2.75) is 6.54 Å². The third-order valence-electron chi connectivity index (χ3n) is 3.24. The summed E-state index contributed by atoms with van der Waals surface area (Å²) in [5.74, 6) is 1.10. The minimum atomic E-state index is -0.253. The van der Waals surface area contributed by atoms with Crippen LogP contribution in [0.25, 0.3) is 11.3 Å². The first-order chi connectivity index (χ1) is 11.3. The second kappa shape index (κ2) is 6.74. The molecule has 0 aliphatic carbocycles. The molecular weight excluding hydrogens is 294 g/mol. The Kier molecular flexibility index (Phi) is 4.33. The fourth-order valence-electron chi connectivity index (χ4n) is 2.07. The van der Waals surface area contributed by atoms with Crippen molar-refractivity contribution in [3.05, 3.63) is 66.1 Å².